The summed E-state index contributed by atoms with van der Waals surface area (Å²) in [7, 11) is -2.07. The Hall–Kier alpha value is -2.30. The first kappa shape index (κ1) is 22.4. The van der Waals surface area contributed by atoms with E-state index in [1.165, 1.54) is 37.2 Å². The van der Waals surface area contributed by atoms with Crippen LogP contribution in [0.15, 0.2) is 58.3 Å². The molecule has 0 amide bonds. The largest absolute Gasteiger partial charge is 0.485 e. The number of likely N-dealkylation sites (N-methyl/N-ethyl adjacent to an activating group) is 1. The first-order valence-corrected chi connectivity index (χ1v) is 10.9. The lowest BCUT2D eigenvalue weighted by atomic mass is 10.1. The third-order valence-corrected chi connectivity index (χ3v) is 6.64. The van der Waals surface area contributed by atoms with E-state index in [2.05, 4.69) is 10.1 Å². The van der Waals surface area contributed by atoms with Crippen molar-refractivity contribution in [3.63, 3.8) is 0 Å². The van der Waals surface area contributed by atoms with Gasteiger partial charge in [-0.05, 0) is 42.6 Å². The van der Waals surface area contributed by atoms with E-state index in [0.717, 1.165) is 18.4 Å². The van der Waals surface area contributed by atoms with Gasteiger partial charge in [0.15, 0.2) is 16.4 Å². The number of rotatable bonds is 6. The molecule has 1 saturated carbocycles. The molecule has 0 radical (unpaired) electrons. The predicted molar refractivity (Wildman–Crippen MR) is 100 cm³/mol. The van der Waals surface area contributed by atoms with Crippen molar-refractivity contribution in [3.8, 4) is 0 Å². The van der Waals surface area contributed by atoms with Gasteiger partial charge in [0.25, 0.3) is 0 Å². The maximum absolute atomic E-state index is 13.1. The van der Waals surface area contributed by atoms with Crippen LogP contribution in [0, 0.1) is 5.92 Å². The lowest BCUT2D eigenvalue weighted by molar-refractivity contribution is -0.293. The van der Waals surface area contributed by atoms with Gasteiger partial charge in [-0.1, -0.05) is 6.92 Å². The summed E-state index contributed by atoms with van der Waals surface area (Å²) in [5.41, 5.74) is 1.60. The summed E-state index contributed by atoms with van der Waals surface area (Å²) in [5.74, 6) is -4.99. The van der Waals surface area contributed by atoms with Crippen molar-refractivity contribution in [2.75, 3.05) is 19.4 Å². The zero-order valence-corrected chi connectivity index (χ0v) is 17.1. The van der Waals surface area contributed by atoms with Crippen LogP contribution >= 0.6 is 0 Å². The Bertz CT molecular complexity index is 971. The van der Waals surface area contributed by atoms with E-state index in [-0.39, 0.29) is 16.4 Å². The molecule has 11 heteroatoms. The predicted octanol–water partition coefficient (Wildman–Crippen LogP) is 3.97. The van der Waals surface area contributed by atoms with Gasteiger partial charge in [-0.25, -0.2) is 8.42 Å². The Morgan fingerprint density at radius 3 is 2.40 bits per heavy atom. The van der Waals surface area contributed by atoms with E-state index in [9.17, 15) is 30.4 Å². The first-order valence-electron chi connectivity index (χ1n) is 9.21. The number of ether oxygens (including phenoxy) is 1. The number of dihydropyridines is 1. The zero-order valence-electron chi connectivity index (χ0n) is 16.3. The second-order valence-electron chi connectivity index (χ2n) is 7.20. The zero-order chi connectivity index (χ0) is 22.3. The molecule has 0 atom stereocenters. The highest BCUT2D eigenvalue weighted by atomic mass is 32.2. The van der Waals surface area contributed by atoms with Gasteiger partial charge in [-0.15, -0.1) is 0 Å². The first-order chi connectivity index (χ1) is 13.9. The molecule has 2 heterocycles. The molecular formula is C19H21F5N2O3S. The Labute approximate surface area is 171 Å². The van der Waals surface area contributed by atoms with Crippen LogP contribution in [0.3, 0.4) is 0 Å². The Balaban J connectivity index is 1.84. The van der Waals surface area contributed by atoms with Crippen LogP contribution in [0.4, 0.5) is 22.0 Å². The molecule has 0 spiro atoms. The Kier molecular flexibility index (Phi) is 5.78. The minimum atomic E-state index is -5.71. The van der Waals surface area contributed by atoms with E-state index in [4.69, 9.17) is 0 Å². The number of sulfone groups is 1. The maximum Gasteiger partial charge on any atom is 0.456 e. The quantitative estimate of drug-likeness (QED) is 0.618. The number of hydrogen-bond donors (Lipinski definition) is 1. The molecule has 3 aliphatic rings. The summed E-state index contributed by atoms with van der Waals surface area (Å²) < 4.78 is 92.9. The number of allylic oxidation sites excluding steroid dienone is 4. The number of halogens is 5. The van der Waals surface area contributed by atoms with Crippen molar-refractivity contribution in [1.29, 1.82) is 0 Å². The summed E-state index contributed by atoms with van der Waals surface area (Å²) in [6.07, 6.45) is 3.46. The Morgan fingerprint density at radius 1 is 1.20 bits per heavy atom. The molecular weight excluding hydrogens is 431 g/mol. The van der Waals surface area contributed by atoms with Crippen LogP contribution in [0.1, 0.15) is 19.8 Å². The van der Waals surface area contributed by atoms with Gasteiger partial charge in [-0.3, -0.25) is 0 Å². The van der Waals surface area contributed by atoms with Crippen LogP contribution in [0.2, 0.25) is 0 Å². The summed E-state index contributed by atoms with van der Waals surface area (Å²) in [6, 6.07) is 0. The minimum Gasteiger partial charge on any atom is -0.485 e. The number of nitrogens with zero attached hydrogens (tertiary/aromatic N) is 1. The van der Waals surface area contributed by atoms with Gasteiger partial charge in [0.2, 0.25) is 0 Å². The van der Waals surface area contributed by atoms with Crippen molar-refractivity contribution < 1.29 is 35.1 Å². The molecule has 0 bridgehead atoms. The number of nitrogens with one attached hydrogen (secondary N) is 1. The molecule has 5 nitrogen and oxygen atoms in total. The molecule has 3 rings (SSSR count). The fourth-order valence-electron chi connectivity index (χ4n) is 2.93. The van der Waals surface area contributed by atoms with E-state index in [1.807, 2.05) is 0 Å². The van der Waals surface area contributed by atoms with Crippen LogP contribution in [-0.2, 0) is 14.6 Å². The third kappa shape index (κ3) is 4.55. The smallest absolute Gasteiger partial charge is 0.456 e. The highest BCUT2D eigenvalue weighted by Crippen LogP contribution is 2.40. The van der Waals surface area contributed by atoms with E-state index in [1.54, 1.807) is 12.3 Å². The molecule has 1 fully saturated rings. The van der Waals surface area contributed by atoms with E-state index < -0.39 is 28.5 Å². The van der Waals surface area contributed by atoms with Crippen LogP contribution in [0.25, 0.3) is 0 Å². The van der Waals surface area contributed by atoms with Gasteiger partial charge in [0.05, 0.1) is 22.1 Å². The average Bonchev–Trinajstić information content (AvgIpc) is 3.50. The Morgan fingerprint density at radius 2 is 1.87 bits per heavy atom. The lowest BCUT2D eigenvalue weighted by Gasteiger charge is -2.28. The van der Waals surface area contributed by atoms with Crippen molar-refractivity contribution in [1.82, 2.24) is 10.2 Å². The van der Waals surface area contributed by atoms with Gasteiger partial charge in [0.1, 0.15) is 5.76 Å². The second-order valence-corrected chi connectivity index (χ2v) is 9.45. The highest BCUT2D eigenvalue weighted by molar-refractivity contribution is 7.95. The summed E-state index contributed by atoms with van der Waals surface area (Å²) in [6.45, 7) is -0.325. The minimum absolute atomic E-state index is 0.112. The fraction of sp³-hybridized carbons (Fsp3) is 0.474. The van der Waals surface area contributed by atoms with Crippen molar-refractivity contribution in [2.24, 2.45) is 5.92 Å². The fourth-order valence-corrected chi connectivity index (χ4v) is 4.03. The van der Waals surface area contributed by atoms with Crippen LogP contribution in [-0.4, -0.2) is 44.8 Å². The lowest BCUT2D eigenvalue weighted by Crippen LogP contribution is -2.40. The molecule has 166 valence electrons. The summed E-state index contributed by atoms with van der Waals surface area (Å²) in [4.78, 5) is 1.51. The summed E-state index contributed by atoms with van der Waals surface area (Å²) in [5, 5.41) is 3.01. The molecule has 2 aliphatic heterocycles. The molecule has 0 aromatic carbocycles. The normalized spacial score (nSPS) is 22.9. The molecule has 1 aliphatic carbocycles. The molecule has 30 heavy (non-hydrogen) atoms. The van der Waals surface area contributed by atoms with Crippen LogP contribution in [0.5, 0.6) is 0 Å². The second kappa shape index (κ2) is 7.75. The topological polar surface area (TPSA) is 58.6 Å². The van der Waals surface area contributed by atoms with E-state index in [0.29, 0.717) is 17.3 Å². The van der Waals surface area contributed by atoms with Gasteiger partial charge in [0, 0.05) is 19.4 Å². The van der Waals surface area contributed by atoms with Gasteiger partial charge >= 0.3 is 12.1 Å². The van der Waals surface area contributed by atoms with Crippen molar-refractivity contribution in [2.45, 2.75) is 31.9 Å². The third-order valence-electron chi connectivity index (χ3n) is 4.89. The SMILES string of the molecule is CCS(=O)(=O)C1=CC(C2CC2)=CNC1=C1C=CC(OCC(F)(F)C(F)(F)F)=CN1C. The van der Waals surface area contributed by atoms with Crippen molar-refractivity contribution >= 4 is 9.84 Å². The summed E-state index contributed by atoms with van der Waals surface area (Å²) >= 11 is 0. The van der Waals surface area contributed by atoms with Crippen LogP contribution < -0.4 is 5.32 Å². The molecule has 0 aromatic heterocycles. The number of hydrogen-bond acceptors (Lipinski definition) is 5. The van der Waals surface area contributed by atoms with E-state index >= 15 is 0 Å². The molecule has 1 N–H and O–H groups in total. The number of alkyl halides is 5. The highest BCUT2D eigenvalue weighted by Gasteiger charge is 2.58. The molecule has 0 saturated heterocycles. The van der Waals surface area contributed by atoms with Gasteiger partial charge < -0.3 is 15.0 Å². The average molecular weight is 452 g/mol. The standard InChI is InChI=1S/C19H21F5N2O3S/c1-3-30(27,28)16-8-13(12-4-5-12)9-25-17(16)15-7-6-14(10-26(15)2)29-11-18(20,21)19(22,23)24/h6-10,12,25H,3-5,11H2,1-2H3. The monoisotopic (exact) mass is 452 g/mol. The van der Waals surface area contributed by atoms with Crippen molar-refractivity contribution in [3.05, 3.63) is 58.3 Å². The molecule has 0 aromatic rings. The maximum atomic E-state index is 13.1. The van der Waals surface area contributed by atoms with Gasteiger partial charge in [-0.2, -0.15) is 22.0 Å². The molecule has 0 unspecified atom stereocenters.